The summed E-state index contributed by atoms with van der Waals surface area (Å²) < 4.78 is 27.5. The minimum Gasteiger partial charge on any atom is -0.340 e. The third-order valence-electron chi connectivity index (χ3n) is 3.94. The van der Waals surface area contributed by atoms with Crippen molar-refractivity contribution in [2.75, 3.05) is 10.0 Å². The maximum atomic E-state index is 12.6. The van der Waals surface area contributed by atoms with E-state index in [0.717, 1.165) is 15.1 Å². The molecule has 1 aromatic carbocycles. The van der Waals surface area contributed by atoms with Gasteiger partial charge in [0.25, 0.3) is 10.0 Å². The van der Waals surface area contributed by atoms with Crippen molar-refractivity contribution in [3.05, 3.63) is 58.4 Å². The lowest BCUT2D eigenvalue weighted by atomic mass is 10.3. The molecule has 0 saturated heterocycles. The van der Waals surface area contributed by atoms with Crippen molar-refractivity contribution in [2.24, 2.45) is 0 Å². The minimum atomic E-state index is -3.81. The van der Waals surface area contributed by atoms with E-state index in [4.69, 9.17) is 11.6 Å². The Bertz CT molecular complexity index is 1310. The number of sulfonamides is 1. The van der Waals surface area contributed by atoms with Crippen LogP contribution in [-0.2, 0) is 10.0 Å². The van der Waals surface area contributed by atoms with Gasteiger partial charge in [-0.1, -0.05) is 0 Å². The summed E-state index contributed by atoms with van der Waals surface area (Å²) >= 11 is 7.54. The van der Waals surface area contributed by atoms with Crippen molar-refractivity contribution < 1.29 is 8.42 Å². The van der Waals surface area contributed by atoms with E-state index < -0.39 is 10.0 Å². The summed E-state index contributed by atoms with van der Waals surface area (Å²) in [5, 5.41) is 4.16. The van der Waals surface area contributed by atoms with E-state index >= 15 is 0 Å². The van der Waals surface area contributed by atoms with E-state index in [1.807, 2.05) is 13.0 Å². The second-order valence-electron chi connectivity index (χ2n) is 6.19. The lowest BCUT2D eigenvalue weighted by molar-refractivity contribution is 0.601. The van der Waals surface area contributed by atoms with E-state index in [1.54, 1.807) is 25.1 Å². The SMILES string of the molecule is Cc1ccnc(NS(=O)(=O)c2ccc(Nc3nc(Cl)nc4sc(C)cc34)cc2)n1. The Kier molecular flexibility index (Phi) is 5.07. The molecule has 4 rings (SSSR count). The van der Waals surface area contributed by atoms with Gasteiger partial charge in [0.05, 0.1) is 10.3 Å². The van der Waals surface area contributed by atoms with Crippen LogP contribution in [0.25, 0.3) is 10.2 Å². The monoisotopic (exact) mass is 446 g/mol. The number of aromatic nitrogens is 4. The highest BCUT2D eigenvalue weighted by Gasteiger charge is 2.16. The fraction of sp³-hybridized carbons (Fsp3) is 0.111. The maximum Gasteiger partial charge on any atom is 0.264 e. The first-order valence-corrected chi connectivity index (χ1v) is 11.1. The Hall–Kier alpha value is -2.82. The zero-order valence-electron chi connectivity index (χ0n) is 15.3. The molecule has 4 aromatic rings. The van der Waals surface area contributed by atoms with Crippen LogP contribution in [0.5, 0.6) is 0 Å². The predicted molar refractivity (Wildman–Crippen MR) is 114 cm³/mol. The molecule has 0 amide bonds. The Morgan fingerprint density at radius 1 is 1.03 bits per heavy atom. The van der Waals surface area contributed by atoms with Crippen LogP contribution in [0.3, 0.4) is 0 Å². The van der Waals surface area contributed by atoms with Gasteiger partial charge in [0, 0.05) is 22.5 Å². The number of nitrogens with zero attached hydrogens (tertiary/aromatic N) is 4. The average Bonchev–Trinajstić information content (AvgIpc) is 3.02. The van der Waals surface area contributed by atoms with E-state index in [0.29, 0.717) is 17.2 Å². The number of benzene rings is 1. The average molecular weight is 447 g/mol. The quantitative estimate of drug-likeness (QED) is 0.440. The third-order valence-corrected chi connectivity index (χ3v) is 6.39. The van der Waals surface area contributed by atoms with Gasteiger partial charge in [-0.2, -0.15) is 4.98 Å². The third kappa shape index (κ3) is 4.29. The second kappa shape index (κ2) is 7.54. The molecule has 3 aromatic heterocycles. The zero-order valence-corrected chi connectivity index (χ0v) is 17.7. The van der Waals surface area contributed by atoms with Crippen LogP contribution in [0.4, 0.5) is 17.5 Å². The molecule has 0 saturated carbocycles. The lowest BCUT2D eigenvalue weighted by Crippen LogP contribution is -2.15. The summed E-state index contributed by atoms with van der Waals surface area (Å²) in [6, 6.07) is 9.92. The van der Waals surface area contributed by atoms with Gasteiger partial charge in [0.1, 0.15) is 10.6 Å². The van der Waals surface area contributed by atoms with Crippen molar-refractivity contribution in [1.82, 2.24) is 19.9 Å². The van der Waals surface area contributed by atoms with E-state index in [2.05, 4.69) is 30.0 Å². The van der Waals surface area contributed by atoms with Gasteiger partial charge in [-0.25, -0.2) is 28.1 Å². The van der Waals surface area contributed by atoms with Crippen molar-refractivity contribution >= 4 is 60.6 Å². The van der Waals surface area contributed by atoms with Crippen molar-refractivity contribution in [1.29, 1.82) is 0 Å². The van der Waals surface area contributed by atoms with E-state index in [9.17, 15) is 8.42 Å². The molecule has 8 nitrogen and oxygen atoms in total. The topological polar surface area (TPSA) is 110 Å². The summed E-state index contributed by atoms with van der Waals surface area (Å²) in [4.78, 5) is 18.4. The number of halogens is 1. The molecule has 0 spiro atoms. The van der Waals surface area contributed by atoms with Gasteiger partial charge in [-0.05, 0) is 61.8 Å². The van der Waals surface area contributed by atoms with E-state index in [1.165, 1.54) is 29.7 Å². The molecule has 3 heterocycles. The molecule has 29 heavy (non-hydrogen) atoms. The summed E-state index contributed by atoms with van der Waals surface area (Å²) in [5.41, 5.74) is 1.33. The zero-order chi connectivity index (χ0) is 20.6. The maximum absolute atomic E-state index is 12.6. The van der Waals surface area contributed by atoms with Crippen molar-refractivity contribution in [2.45, 2.75) is 18.7 Å². The van der Waals surface area contributed by atoms with Crippen LogP contribution in [0.15, 0.2) is 47.5 Å². The first-order chi connectivity index (χ1) is 13.8. The largest absolute Gasteiger partial charge is 0.340 e. The molecule has 11 heteroatoms. The number of aryl methyl sites for hydroxylation is 2. The van der Waals surface area contributed by atoms with Crippen LogP contribution in [0, 0.1) is 13.8 Å². The molecule has 0 aliphatic carbocycles. The second-order valence-corrected chi connectivity index (χ2v) is 9.45. The molecular formula is C18H15ClN6O2S2. The Labute approximate surface area is 176 Å². The summed E-state index contributed by atoms with van der Waals surface area (Å²) in [6.45, 7) is 3.74. The van der Waals surface area contributed by atoms with Crippen LogP contribution >= 0.6 is 22.9 Å². The highest BCUT2D eigenvalue weighted by atomic mass is 35.5. The number of anilines is 3. The summed E-state index contributed by atoms with van der Waals surface area (Å²) in [5.74, 6) is 0.587. The molecule has 0 unspecified atom stereocenters. The number of hydrogen-bond donors (Lipinski definition) is 2. The molecule has 0 fully saturated rings. The molecule has 0 radical (unpaired) electrons. The number of thiophene rings is 1. The highest BCUT2D eigenvalue weighted by Crippen LogP contribution is 2.31. The van der Waals surface area contributed by atoms with E-state index in [-0.39, 0.29) is 16.1 Å². The van der Waals surface area contributed by atoms with Gasteiger partial charge in [0.15, 0.2) is 0 Å². The van der Waals surface area contributed by atoms with Crippen LogP contribution in [-0.4, -0.2) is 28.4 Å². The Balaban J connectivity index is 1.58. The van der Waals surface area contributed by atoms with Crippen LogP contribution < -0.4 is 10.0 Å². The number of rotatable bonds is 5. The fourth-order valence-electron chi connectivity index (χ4n) is 2.64. The number of nitrogens with one attached hydrogen (secondary N) is 2. The standard InChI is InChI=1S/C18H15ClN6O2S2/c1-10-7-8-20-18(21-10)25-29(26,27)13-5-3-12(4-6-13)22-15-14-9-11(2)28-16(14)24-17(19)23-15/h3-9H,1-2H3,(H,20,21,25)(H,22,23,24). The van der Waals surface area contributed by atoms with Gasteiger partial charge in [-0.15, -0.1) is 11.3 Å². The summed E-state index contributed by atoms with van der Waals surface area (Å²) in [6.07, 6.45) is 1.49. The van der Waals surface area contributed by atoms with Crippen LogP contribution in [0.2, 0.25) is 5.28 Å². The predicted octanol–water partition coefficient (Wildman–Crippen LogP) is 4.30. The lowest BCUT2D eigenvalue weighted by Gasteiger charge is -2.09. The fourth-order valence-corrected chi connectivity index (χ4v) is 4.69. The number of fused-ring (bicyclic) bond motifs is 1. The molecule has 0 aliphatic heterocycles. The van der Waals surface area contributed by atoms with Gasteiger partial charge >= 0.3 is 0 Å². The minimum absolute atomic E-state index is 0.0260. The first kappa shape index (κ1) is 19.5. The first-order valence-electron chi connectivity index (χ1n) is 8.43. The van der Waals surface area contributed by atoms with Gasteiger partial charge in [0.2, 0.25) is 11.2 Å². The Morgan fingerprint density at radius 3 is 2.52 bits per heavy atom. The highest BCUT2D eigenvalue weighted by molar-refractivity contribution is 7.92. The molecule has 148 valence electrons. The van der Waals surface area contributed by atoms with Crippen molar-refractivity contribution in [3.63, 3.8) is 0 Å². The smallest absolute Gasteiger partial charge is 0.264 e. The molecule has 0 atom stereocenters. The number of hydrogen-bond acceptors (Lipinski definition) is 8. The molecular weight excluding hydrogens is 432 g/mol. The van der Waals surface area contributed by atoms with Crippen molar-refractivity contribution in [3.8, 4) is 0 Å². The molecule has 0 aliphatic rings. The molecule has 2 N–H and O–H groups in total. The normalized spacial score (nSPS) is 11.6. The Morgan fingerprint density at radius 2 is 1.79 bits per heavy atom. The van der Waals surface area contributed by atoms with Gasteiger partial charge in [-0.3, -0.25) is 0 Å². The summed E-state index contributed by atoms with van der Waals surface area (Å²) in [7, 11) is -3.81. The molecule has 0 bridgehead atoms. The van der Waals surface area contributed by atoms with Gasteiger partial charge < -0.3 is 5.32 Å². The van der Waals surface area contributed by atoms with Crippen LogP contribution in [0.1, 0.15) is 10.6 Å².